The minimum Gasteiger partial charge on any atom is -0.463 e. The van der Waals surface area contributed by atoms with Gasteiger partial charge in [0.15, 0.2) is 0 Å². The minimum atomic E-state index is -4.40. The second kappa shape index (κ2) is 10.9. The van der Waals surface area contributed by atoms with Crippen LogP contribution in [0.15, 0.2) is 72.8 Å². The van der Waals surface area contributed by atoms with Gasteiger partial charge in [-0.1, -0.05) is 49.8 Å². The lowest BCUT2D eigenvalue weighted by atomic mass is 9.78. The standard InChI is InChI=1S/C28H32F3NO2/c1-5-7-25-22(18-26(33)34-6-2)16-17-32(24-14-10-20(11-15-24)19(3)4)27(25)21-8-12-23(13-9-21)28(29,30)31/h5,8-15,18-19,25,27H,1,6-7,16-17H2,2-4H3/t25-,27+/m1/s1. The molecule has 3 rings (SSSR count). The van der Waals surface area contributed by atoms with Gasteiger partial charge in [0.2, 0.25) is 0 Å². The van der Waals surface area contributed by atoms with E-state index in [1.807, 2.05) is 0 Å². The lowest BCUT2D eigenvalue weighted by Crippen LogP contribution is -2.40. The molecule has 0 spiro atoms. The van der Waals surface area contributed by atoms with Crippen molar-refractivity contribution < 1.29 is 22.7 Å². The van der Waals surface area contributed by atoms with Crippen LogP contribution in [0.25, 0.3) is 0 Å². The normalized spacial score (nSPS) is 20.0. The van der Waals surface area contributed by atoms with Crippen molar-refractivity contribution in [2.75, 3.05) is 18.1 Å². The van der Waals surface area contributed by atoms with E-state index in [-0.39, 0.29) is 18.6 Å². The minimum absolute atomic E-state index is 0.128. The van der Waals surface area contributed by atoms with Crippen LogP contribution in [0.4, 0.5) is 18.9 Å². The first kappa shape index (κ1) is 25.6. The van der Waals surface area contributed by atoms with E-state index >= 15 is 0 Å². The third-order valence-electron chi connectivity index (χ3n) is 6.32. The van der Waals surface area contributed by atoms with E-state index in [2.05, 4.69) is 49.6 Å². The maximum atomic E-state index is 13.2. The van der Waals surface area contributed by atoms with Crippen molar-refractivity contribution in [2.45, 2.75) is 51.7 Å². The van der Waals surface area contributed by atoms with Crippen molar-refractivity contribution in [2.24, 2.45) is 5.92 Å². The topological polar surface area (TPSA) is 29.5 Å². The van der Waals surface area contributed by atoms with Crippen molar-refractivity contribution in [1.29, 1.82) is 0 Å². The van der Waals surface area contributed by atoms with Crippen LogP contribution >= 0.6 is 0 Å². The Labute approximate surface area is 199 Å². The van der Waals surface area contributed by atoms with Gasteiger partial charge in [-0.3, -0.25) is 0 Å². The van der Waals surface area contributed by atoms with Gasteiger partial charge in [-0.05, 0) is 61.1 Å². The van der Waals surface area contributed by atoms with E-state index in [0.29, 0.717) is 25.3 Å². The van der Waals surface area contributed by atoms with Gasteiger partial charge in [0.25, 0.3) is 0 Å². The first-order chi connectivity index (χ1) is 16.2. The Morgan fingerprint density at radius 1 is 1.15 bits per heavy atom. The first-order valence-electron chi connectivity index (χ1n) is 11.7. The molecule has 0 radical (unpaired) electrons. The number of alkyl halides is 3. The van der Waals surface area contributed by atoms with Crippen LogP contribution in [0.1, 0.15) is 62.3 Å². The maximum Gasteiger partial charge on any atom is 0.416 e. The number of hydrogen-bond donors (Lipinski definition) is 0. The Morgan fingerprint density at radius 2 is 1.79 bits per heavy atom. The number of piperidine rings is 1. The summed E-state index contributed by atoms with van der Waals surface area (Å²) in [6, 6.07) is 13.4. The van der Waals surface area contributed by atoms with Crippen LogP contribution in [0, 0.1) is 5.92 Å². The predicted octanol–water partition coefficient (Wildman–Crippen LogP) is 7.46. The molecular formula is C28H32F3NO2. The molecule has 1 saturated heterocycles. The zero-order valence-corrected chi connectivity index (χ0v) is 19.9. The highest BCUT2D eigenvalue weighted by atomic mass is 19.4. The Morgan fingerprint density at radius 3 is 2.32 bits per heavy atom. The number of carbonyl (C=O) groups is 1. The second-order valence-electron chi connectivity index (χ2n) is 8.86. The first-order valence-corrected chi connectivity index (χ1v) is 11.7. The molecule has 182 valence electrons. The molecule has 0 saturated carbocycles. The van der Waals surface area contributed by atoms with Crippen molar-refractivity contribution in [3.8, 4) is 0 Å². The summed E-state index contributed by atoms with van der Waals surface area (Å²) in [6.45, 7) is 10.8. The molecule has 34 heavy (non-hydrogen) atoms. The molecule has 0 aliphatic carbocycles. The molecule has 0 unspecified atom stereocenters. The molecule has 0 bridgehead atoms. The van der Waals surface area contributed by atoms with Gasteiger partial charge < -0.3 is 9.64 Å². The van der Waals surface area contributed by atoms with E-state index < -0.39 is 17.7 Å². The smallest absolute Gasteiger partial charge is 0.416 e. The molecule has 2 aromatic carbocycles. The van der Waals surface area contributed by atoms with Gasteiger partial charge in [-0.2, -0.15) is 13.2 Å². The molecule has 0 amide bonds. The number of ether oxygens (including phenoxy) is 1. The number of anilines is 1. The number of carbonyl (C=O) groups excluding carboxylic acids is 1. The maximum absolute atomic E-state index is 13.2. The van der Waals surface area contributed by atoms with E-state index in [1.54, 1.807) is 31.2 Å². The highest BCUT2D eigenvalue weighted by Crippen LogP contribution is 2.44. The van der Waals surface area contributed by atoms with Crippen LogP contribution in [0.5, 0.6) is 0 Å². The second-order valence-corrected chi connectivity index (χ2v) is 8.86. The molecule has 1 aliphatic heterocycles. The third-order valence-corrected chi connectivity index (χ3v) is 6.32. The molecule has 0 aromatic heterocycles. The van der Waals surface area contributed by atoms with Crippen molar-refractivity contribution >= 4 is 11.7 Å². The SMILES string of the molecule is C=CC[C@@H]1C(=CC(=O)OCC)CCN(c2ccc(C(C)C)cc2)[C@H]1c1ccc(C(F)(F)F)cc1. The molecular weight excluding hydrogens is 439 g/mol. The number of esters is 1. The Bertz CT molecular complexity index is 1010. The van der Waals surface area contributed by atoms with Gasteiger partial charge in [0.1, 0.15) is 0 Å². The highest BCUT2D eigenvalue weighted by Gasteiger charge is 2.37. The lowest BCUT2D eigenvalue weighted by Gasteiger charge is -2.44. The van der Waals surface area contributed by atoms with Crippen LogP contribution in [0.3, 0.4) is 0 Å². The van der Waals surface area contributed by atoms with Crippen LogP contribution < -0.4 is 4.90 Å². The highest BCUT2D eigenvalue weighted by molar-refractivity contribution is 5.83. The summed E-state index contributed by atoms with van der Waals surface area (Å²) in [5.41, 5.74) is 3.24. The van der Waals surface area contributed by atoms with Gasteiger partial charge in [-0.15, -0.1) is 6.58 Å². The Balaban J connectivity index is 2.07. The summed E-state index contributed by atoms with van der Waals surface area (Å²) in [6.07, 6.45) is 0.185. The summed E-state index contributed by atoms with van der Waals surface area (Å²) in [5, 5.41) is 0. The van der Waals surface area contributed by atoms with E-state index in [1.165, 1.54) is 5.56 Å². The van der Waals surface area contributed by atoms with Gasteiger partial charge >= 0.3 is 12.1 Å². The van der Waals surface area contributed by atoms with Gasteiger partial charge in [-0.25, -0.2) is 4.79 Å². The zero-order valence-electron chi connectivity index (χ0n) is 19.9. The van der Waals surface area contributed by atoms with Crippen LogP contribution in [-0.2, 0) is 15.7 Å². The Hall–Kier alpha value is -3.02. The average Bonchev–Trinajstić information content (AvgIpc) is 2.80. The fraction of sp³-hybridized carbons (Fsp3) is 0.393. The third kappa shape index (κ3) is 5.91. The molecule has 3 nitrogen and oxygen atoms in total. The van der Waals surface area contributed by atoms with E-state index in [9.17, 15) is 18.0 Å². The molecule has 1 heterocycles. The summed E-state index contributed by atoms with van der Waals surface area (Å²) in [4.78, 5) is 14.5. The fourth-order valence-corrected chi connectivity index (χ4v) is 4.59. The largest absolute Gasteiger partial charge is 0.463 e. The van der Waals surface area contributed by atoms with Crippen molar-refractivity contribution in [1.82, 2.24) is 0 Å². The number of nitrogens with zero attached hydrogens (tertiary/aromatic N) is 1. The molecule has 2 aromatic rings. The summed E-state index contributed by atoms with van der Waals surface area (Å²) >= 11 is 0. The number of benzene rings is 2. The number of rotatable bonds is 7. The predicted molar refractivity (Wildman–Crippen MR) is 130 cm³/mol. The van der Waals surface area contributed by atoms with Crippen molar-refractivity contribution in [3.05, 3.63) is 89.5 Å². The molecule has 1 fully saturated rings. The van der Waals surface area contributed by atoms with E-state index in [4.69, 9.17) is 4.74 Å². The van der Waals surface area contributed by atoms with E-state index in [0.717, 1.165) is 29.0 Å². The number of hydrogen-bond acceptors (Lipinski definition) is 3. The molecule has 2 atom stereocenters. The molecule has 0 N–H and O–H groups in total. The van der Waals surface area contributed by atoms with Crippen molar-refractivity contribution in [3.63, 3.8) is 0 Å². The molecule has 1 aliphatic rings. The number of allylic oxidation sites excluding steroid dienone is 1. The molecule has 6 heteroatoms. The number of halogens is 3. The zero-order chi connectivity index (χ0) is 24.9. The Kier molecular flexibility index (Phi) is 8.24. The quantitative estimate of drug-likeness (QED) is 0.238. The monoisotopic (exact) mass is 471 g/mol. The van der Waals surface area contributed by atoms with Crippen LogP contribution in [-0.4, -0.2) is 19.1 Å². The van der Waals surface area contributed by atoms with Crippen LogP contribution in [0.2, 0.25) is 0 Å². The average molecular weight is 472 g/mol. The van der Waals surface area contributed by atoms with Gasteiger partial charge in [0.05, 0.1) is 18.2 Å². The summed E-state index contributed by atoms with van der Waals surface area (Å²) < 4.78 is 44.7. The fourth-order valence-electron chi connectivity index (χ4n) is 4.59. The summed E-state index contributed by atoms with van der Waals surface area (Å²) in [7, 11) is 0. The lowest BCUT2D eigenvalue weighted by molar-refractivity contribution is -0.138. The van der Waals surface area contributed by atoms with Gasteiger partial charge in [0, 0.05) is 24.2 Å². The summed E-state index contributed by atoms with van der Waals surface area (Å²) in [5.74, 6) is -0.127.